The fourth-order valence-electron chi connectivity index (χ4n) is 7.06. The van der Waals surface area contributed by atoms with Crippen LogP contribution in [-0.2, 0) is 11.3 Å². The van der Waals surface area contributed by atoms with Gasteiger partial charge < -0.3 is 16.0 Å². The Morgan fingerprint density at radius 1 is 0.609 bits per heavy atom. The van der Waals surface area contributed by atoms with E-state index >= 15 is 0 Å². The van der Waals surface area contributed by atoms with Crippen molar-refractivity contribution in [2.75, 3.05) is 26.2 Å². The fraction of sp³-hybridized carbons (Fsp3) is 0.452. The Bertz CT molecular complexity index is 1600. The molecule has 2 unspecified atom stereocenters. The molecular formula is C42H55N3O. The molecule has 5 aromatic rings. The average molecular weight is 618 g/mol. The molecule has 5 rings (SSSR count). The Balaban J connectivity index is 0.846. The number of rotatable bonds is 21. The molecule has 1 amide bonds. The number of carbonyl (C=O) groups is 1. The minimum atomic E-state index is 0.0517. The molecule has 0 fully saturated rings. The molecule has 2 atom stereocenters. The van der Waals surface area contributed by atoms with Crippen molar-refractivity contribution in [3.63, 3.8) is 0 Å². The molecule has 0 radical (unpaired) electrons. The van der Waals surface area contributed by atoms with Gasteiger partial charge in [-0.3, -0.25) is 4.79 Å². The predicted molar refractivity (Wildman–Crippen MR) is 198 cm³/mol. The van der Waals surface area contributed by atoms with Crippen molar-refractivity contribution in [2.45, 2.75) is 90.5 Å². The first-order valence-corrected chi connectivity index (χ1v) is 18.0. The van der Waals surface area contributed by atoms with Crippen LogP contribution < -0.4 is 16.0 Å². The largest absolute Gasteiger partial charge is 0.356 e. The first-order chi connectivity index (χ1) is 22.7. The highest BCUT2D eigenvalue weighted by Crippen LogP contribution is 2.36. The topological polar surface area (TPSA) is 53.2 Å². The lowest BCUT2D eigenvalue weighted by atomic mass is 9.87. The maximum atomic E-state index is 12.6. The number of nitrogens with one attached hydrogen (secondary N) is 3. The van der Waals surface area contributed by atoms with Crippen molar-refractivity contribution in [3.8, 4) is 0 Å². The van der Waals surface area contributed by atoms with Gasteiger partial charge in [0.2, 0.25) is 5.91 Å². The monoisotopic (exact) mass is 617 g/mol. The van der Waals surface area contributed by atoms with Crippen molar-refractivity contribution in [3.05, 3.63) is 96.1 Å². The van der Waals surface area contributed by atoms with Crippen molar-refractivity contribution < 1.29 is 4.79 Å². The third-order valence-corrected chi connectivity index (χ3v) is 9.82. The summed E-state index contributed by atoms with van der Waals surface area (Å²) in [5.41, 5.74) is 2.74. The molecule has 5 aromatic carbocycles. The maximum absolute atomic E-state index is 12.6. The van der Waals surface area contributed by atoms with Crippen LogP contribution in [0.2, 0.25) is 0 Å². The number of carbonyl (C=O) groups excluding carboxylic acids is 1. The van der Waals surface area contributed by atoms with Gasteiger partial charge in [-0.2, -0.15) is 0 Å². The minimum absolute atomic E-state index is 0.0517. The van der Waals surface area contributed by atoms with Gasteiger partial charge in [0.25, 0.3) is 0 Å². The molecule has 0 aliphatic rings. The first-order valence-electron chi connectivity index (χ1n) is 18.0. The standard InChI is InChI=1S/C42H55N3O/c1-3-33(34-16-9-8-10-17-34)30-32(2)42(46)45-29-14-7-6-12-27-43-26-11-4-5-13-28-44-31-38-23-22-37-21-20-35-18-15-19-36-24-25-39(38)41(37)40(35)36/h8-10,15-25,32-33,43-44H,3-7,11-14,26-31H2,1-2H3,(H,45,46). The first kappa shape index (κ1) is 33.9. The van der Waals surface area contributed by atoms with E-state index in [0.29, 0.717) is 5.92 Å². The Kier molecular flexibility index (Phi) is 13.3. The SMILES string of the molecule is CCC(CC(C)C(=O)NCCCCCCNCCCCCCNCc1ccc2ccc3cccc4ccc1c2c34)c1ccccc1. The Hall–Kier alpha value is -3.47. The zero-order chi connectivity index (χ0) is 32.0. The van der Waals surface area contributed by atoms with Crippen LogP contribution in [0.15, 0.2) is 84.9 Å². The Labute approximate surface area is 277 Å². The van der Waals surface area contributed by atoms with Gasteiger partial charge in [0.05, 0.1) is 0 Å². The molecule has 0 bridgehead atoms. The van der Waals surface area contributed by atoms with E-state index in [1.807, 2.05) is 0 Å². The third-order valence-electron chi connectivity index (χ3n) is 9.82. The van der Waals surface area contributed by atoms with E-state index in [9.17, 15) is 4.79 Å². The van der Waals surface area contributed by atoms with E-state index < -0.39 is 0 Å². The summed E-state index contributed by atoms with van der Waals surface area (Å²) < 4.78 is 0. The van der Waals surface area contributed by atoms with E-state index in [0.717, 1.165) is 52.0 Å². The molecule has 0 spiro atoms. The van der Waals surface area contributed by atoms with Crippen LogP contribution in [0.4, 0.5) is 0 Å². The van der Waals surface area contributed by atoms with Crippen LogP contribution in [0.5, 0.6) is 0 Å². The minimum Gasteiger partial charge on any atom is -0.356 e. The normalized spacial score (nSPS) is 13.1. The summed E-state index contributed by atoms with van der Waals surface area (Å²) in [7, 11) is 0. The molecular weight excluding hydrogens is 562 g/mol. The van der Waals surface area contributed by atoms with E-state index in [1.54, 1.807) is 0 Å². The maximum Gasteiger partial charge on any atom is 0.222 e. The summed E-state index contributed by atoms with van der Waals surface area (Å²) in [6, 6.07) is 30.9. The predicted octanol–water partition coefficient (Wildman–Crippen LogP) is 9.72. The number of amides is 1. The van der Waals surface area contributed by atoms with Gasteiger partial charge in [-0.1, -0.05) is 124 Å². The third kappa shape index (κ3) is 9.30. The summed E-state index contributed by atoms with van der Waals surface area (Å²) in [6.07, 6.45) is 11.7. The van der Waals surface area contributed by atoms with Crippen LogP contribution in [0.1, 0.15) is 95.1 Å². The van der Waals surface area contributed by atoms with Gasteiger partial charge in [-0.15, -0.1) is 0 Å². The average Bonchev–Trinajstić information content (AvgIpc) is 3.09. The summed E-state index contributed by atoms with van der Waals surface area (Å²) >= 11 is 0. The number of hydrogen-bond acceptors (Lipinski definition) is 3. The van der Waals surface area contributed by atoms with E-state index in [4.69, 9.17) is 0 Å². The zero-order valence-corrected chi connectivity index (χ0v) is 28.3. The molecule has 0 aliphatic carbocycles. The van der Waals surface area contributed by atoms with Crippen LogP contribution in [0, 0.1) is 5.92 Å². The van der Waals surface area contributed by atoms with Crippen LogP contribution in [-0.4, -0.2) is 32.1 Å². The van der Waals surface area contributed by atoms with Gasteiger partial charge in [-0.05, 0) is 108 Å². The molecule has 4 heteroatoms. The number of benzene rings is 5. The highest BCUT2D eigenvalue weighted by molar-refractivity contribution is 6.23. The van der Waals surface area contributed by atoms with Crippen molar-refractivity contribution in [1.29, 1.82) is 0 Å². The van der Waals surface area contributed by atoms with Crippen LogP contribution in [0.25, 0.3) is 32.3 Å². The second-order valence-electron chi connectivity index (χ2n) is 13.3. The van der Waals surface area contributed by atoms with E-state index in [2.05, 4.69) is 115 Å². The van der Waals surface area contributed by atoms with Crippen LogP contribution >= 0.6 is 0 Å². The molecule has 0 heterocycles. The van der Waals surface area contributed by atoms with Gasteiger partial charge in [0.1, 0.15) is 0 Å². The molecule has 46 heavy (non-hydrogen) atoms. The van der Waals surface area contributed by atoms with Crippen molar-refractivity contribution in [1.82, 2.24) is 16.0 Å². The molecule has 0 saturated carbocycles. The smallest absolute Gasteiger partial charge is 0.222 e. The second-order valence-corrected chi connectivity index (χ2v) is 13.3. The summed E-state index contributed by atoms with van der Waals surface area (Å²) in [6.45, 7) is 9.30. The highest BCUT2D eigenvalue weighted by Gasteiger charge is 2.19. The fourth-order valence-corrected chi connectivity index (χ4v) is 7.06. The lowest BCUT2D eigenvalue weighted by Gasteiger charge is -2.20. The van der Waals surface area contributed by atoms with Crippen molar-refractivity contribution in [2.24, 2.45) is 5.92 Å². The summed E-state index contributed by atoms with van der Waals surface area (Å²) in [5, 5.41) is 18.7. The molecule has 0 saturated heterocycles. The second kappa shape index (κ2) is 18.0. The molecule has 0 aromatic heterocycles. The van der Waals surface area contributed by atoms with E-state index in [1.165, 1.54) is 88.4 Å². The van der Waals surface area contributed by atoms with Gasteiger partial charge in [0.15, 0.2) is 0 Å². The number of unbranched alkanes of at least 4 members (excludes halogenated alkanes) is 6. The highest BCUT2D eigenvalue weighted by atomic mass is 16.1. The number of hydrogen-bond donors (Lipinski definition) is 3. The van der Waals surface area contributed by atoms with Crippen LogP contribution in [0.3, 0.4) is 0 Å². The lowest BCUT2D eigenvalue weighted by molar-refractivity contribution is -0.124. The van der Waals surface area contributed by atoms with Gasteiger partial charge >= 0.3 is 0 Å². The Morgan fingerprint density at radius 3 is 1.87 bits per heavy atom. The van der Waals surface area contributed by atoms with E-state index in [-0.39, 0.29) is 11.8 Å². The van der Waals surface area contributed by atoms with Gasteiger partial charge in [-0.25, -0.2) is 0 Å². The zero-order valence-electron chi connectivity index (χ0n) is 28.3. The quantitative estimate of drug-likeness (QED) is 0.0568. The molecule has 4 nitrogen and oxygen atoms in total. The van der Waals surface area contributed by atoms with Gasteiger partial charge in [0, 0.05) is 19.0 Å². The summed E-state index contributed by atoms with van der Waals surface area (Å²) in [5.74, 6) is 0.709. The molecule has 244 valence electrons. The Morgan fingerprint density at radius 2 is 1.20 bits per heavy atom. The molecule has 3 N–H and O–H groups in total. The lowest BCUT2D eigenvalue weighted by Crippen LogP contribution is -2.30. The molecule has 0 aliphatic heterocycles. The summed E-state index contributed by atoms with van der Waals surface area (Å²) in [4.78, 5) is 12.6. The van der Waals surface area contributed by atoms with Crippen molar-refractivity contribution >= 4 is 38.2 Å².